The second-order valence-electron chi connectivity index (χ2n) is 7.75. The molecule has 1 saturated heterocycles. The Morgan fingerprint density at radius 3 is 2.32 bits per heavy atom. The average molecular weight is 454 g/mol. The number of para-hydroxylation sites is 1. The summed E-state index contributed by atoms with van der Waals surface area (Å²) in [5.41, 5.74) is 2.43. The van der Waals surface area contributed by atoms with Gasteiger partial charge in [-0.25, -0.2) is 0 Å². The van der Waals surface area contributed by atoms with Crippen molar-refractivity contribution >= 4 is 23.1 Å². The summed E-state index contributed by atoms with van der Waals surface area (Å²) < 4.78 is 10.8. The lowest BCUT2D eigenvalue weighted by atomic mass is 9.93. The van der Waals surface area contributed by atoms with Crippen molar-refractivity contribution in [3.63, 3.8) is 0 Å². The number of nitrogens with zero attached hydrogens (tertiary/aromatic N) is 2. The molecular weight excluding hydrogens is 432 g/mol. The molecular formula is C27H22N2O5. The van der Waals surface area contributed by atoms with Gasteiger partial charge in [0, 0.05) is 16.8 Å². The van der Waals surface area contributed by atoms with E-state index in [9.17, 15) is 14.7 Å². The Balaban J connectivity index is 1.98. The Bertz CT molecular complexity index is 1350. The molecule has 4 rings (SSSR count). The maximum Gasteiger partial charge on any atom is 0.300 e. The van der Waals surface area contributed by atoms with Crippen LogP contribution in [0, 0.1) is 18.3 Å². The van der Waals surface area contributed by atoms with Crippen molar-refractivity contribution in [1.29, 1.82) is 5.26 Å². The lowest BCUT2D eigenvalue weighted by Crippen LogP contribution is -2.29. The number of amides is 1. The number of hydrogen-bond acceptors (Lipinski definition) is 6. The zero-order valence-corrected chi connectivity index (χ0v) is 18.9. The number of ketones is 1. The second-order valence-corrected chi connectivity index (χ2v) is 7.75. The number of Topliss-reactive ketones (excluding diaryl/α,β-unsaturated/α-hetero) is 1. The highest BCUT2D eigenvalue weighted by Gasteiger charge is 2.48. The van der Waals surface area contributed by atoms with Crippen LogP contribution in [0.25, 0.3) is 5.76 Å². The van der Waals surface area contributed by atoms with E-state index in [4.69, 9.17) is 14.7 Å². The van der Waals surface area contributed by atoms with Gasteiger partial charge in [-0.3, -0.25) is 14.5 Å². The molecule has 3 aromatic carbocycles. The van der Waals surface area contributed by atoms with Crippen molar-refractivity contribution in [3.05, 3.63) is 94.6 Å². The fourth-order valence-electron chi connectivity index (χ4n) is 4.16. The topological polar surface area (TPSA) is 99.9 Å². The van der Waals surface area contributed by atoms with Crippen LogP contribution >= 0.6 is 0 Å². The first-order valence-corrected chi connectivity index (χ1v) is 10.5. The summed E-state index contributed by atoms with van der Waals surface area (Å²) in [5, 5.41) is 20.5. The molecule has 0 aliphatic carbocycles. The van der Waals surface area contributed by atoms with Crippen molar-refractivity contribution in [2.75, 3.05) is 19.1 Å². The molecule has 0 radical (unpaired) electrons. The fraction of sp³-hybridized carbons (Fsp3) is 0.148. The fourth-order valence-corrected chi connectivity index (χ4v) is 4.16. The first-order valence-electron chi connectivity index (χ1n) is 10.5. The first-order chi connectivity index (χ1) is 16.4. The Labute approximate surface area is 197 Å². The van der Waals surface area contributed by atoms with Gasteiger partial charge in [-0.1, -0.05) is 18.2 Å². The number of carbonyl (C=O) groups is 2. The highest BCUT2D eigenvalue weighted by atomic mass is 16.5. The third-order valence-corrected chi connectivity index (χ3v) is 5.84. The van der Waals surface area contributed by atoms with Crippen molar-refractivity contribution in [2.24, 2.45) is 0 Å². The Hall–Kier alpha value is -4.57. The number of benzene rings is 3. The number of anilines is 1. The molecule has 1 N–H and O–H groups in total. The largest absolute Gasteiger partial charge is 0.507 e. The van der Waals surface area contributed by atoms with Crippen LogP contribution in [0.1, 0.15) is 28.3 Å². The molecule has 1 atom stereocenters. The lowest BCUT2D eigenvalue weighted by molar-refractivity contribution is -0.132. The highest BCUT2D eigenvalue weighted by molar-refractivity contribution is 6.51. The van der Waals surface area contributed by atoms with Crippen LogP contribution in [0.4, 0.5) is 5.69 Å². The van der Waals surface area contributed by atoms with Crippen molar-refractivity contribution < 1.29 is 24.2 Å². The summed E-state index contributed by atoms with van der Waals surface area (Å²) in [7, 11) is 3.04. The molecule has 1 unspecified atom stereocenters. The summed E-state index contributed by atoms with van der Waals surface area (Å²) in [4.78, 5) is 27.9. The smallest absolute Gasteiger partial charge is 0.300 e. The summed E-state index contributed by atoms with van der Waals surface area (Å²) in [6.45, 7) is 1.78. The number of rotatable bonds is 5. The van der Waals surface area contributed by atoms with E-state index in [0.717, 1.165) is 0 Å². The molecule has 1 amide bonds. The molecule has 0 aromatic heterocycles. The number of hydrogen-bond donors (Lipinski definition) is 1. The van der Waals surface area contributed by atoms with Gasteiger partial charge >= 0.3 is 0 Å². The number of aliphatic hydroxyl groups excluding tert-OH is 1. The zero-order valence-electron chi connectivity index (χ0n) is 18.9. The van der Waals surface area contributed by atoms with E-state index in [0.29, 0.717) is 39.4 Å². The van der Waals surface area contributed by atoms with E-state index >= 15 is 0 Å². The normalized spacial score (nSPS) is 16.9. The third-order valence-electron chi connectivity index (χ3n) is 5.84. The molecule has 170 valence electrons. The predicted molar refractivity (Wildman–Crippen MR) is 127 cm³/mol. The van der Waals surface area contributed by atoms with Gasteiger partial charge in [-0.05, 0) is 61.0 Å². The van der Waals surface area contributed by atoms with Gasteiger partial charge in [0.1, 0.15) is 17.3 Å². The molecule has 34 heavy (non-hydrogen) atoms. The summed E-state index contributed by atoms with van der Waals surface area (Å²) in [6, 6.07) is 19.5. The van der Waals surface area contributed by atoms with E-state index in [-0.39, 0.29) is 11.3 Å². The Morgan fingerprint density at radius 2 is 1.71 bits per heavy atom. The molecule has 7 heteroatoms. The number of nitriles is 1. The van der Waals surface area contributed by atoms with Gasteiger partial charge in [0.25, 0.3) is 11.7 Å². The van der Waals surface area contributed by atoms with E-state index in [1.807, 2.05) is 6.07 Å². The zero-order chi connectivity index (χ0) is 24.4. The van der Waals surface area contributed by atoms with Gasteiger partial charge in [-0.2, -0.15) is 5.26 Å². The van der Waals surface area contributed by atoms with Crippen LogP contribution in [0.5, 0.6) is 11.5 Å². The number of ether oxygens (including phenoxy) is 2. The SMILES string of the molecule is COc1ccc(/C(O)=C2\C(=O)C(=O)N(c3ccc(C#N)cc3)C2c2ccccc2OC)c(C)c1. The predicted octanol–water partition coefficient (Wildman–Crippen LogP) is 4.51. The van der Waals surface area contributed by atoms with Crippen LogP contribution in [-0.4, -0.2) is 31.0 Å². The standard InChI is InChI=1S/C27H22N2O5/c1-16-14-19(33-2)12-13-20(16)25(30)23-24(21-6-4-5-7-22(21)34-3)29(27(32)26(23)31)18-10-8-17(15-28)9-11-18/h4-14,24,30H,1-3H3/b25-23+. The van der Waals surface area contributed by atoms with E-state index in [1.165, 1.54) is 12.0 Å². The van der Waals surface area contributed by atoms with Crippen LogP contribution in [0.2, 0.25) is 0 Å². The molecule has 3 aromatic rings. The summed E-state index contributed by atoms with van der Waals surface area (Å²) >= 11 is 0. The van der Waals surface area contributed by atoms with Gasteiger partial charge < -0.3 is 14.6 Å². The van der Waals surface area contributed by atoms with Crippen LogP contribution in [0.15, 0.2) is 72.3 Å². The molecule has 0 saturated carbocycles. The minimum Gasteiger partial charge on any atom is -0.507 e. The minimum atomic E-state index is -0.939. The van der Waals surface area contributed by atoms with Crippen LogP contribution in [0.3, 0.4) is 0 Å². The number of carbonyl (C=O) groups excluding carboxylic acids is 2. The minimum absolute atomic E-state index is 0.0490. The molecule has 1 aliphatic rings. The third kappa shape index (κ3) is 3.76. The van der Waals surface area contributed by atoms with E-state index in [1.54, 1.807) is 80.8 Å². The van der Waals surface area contributed by atoms with Gasteiger partial charge in [0.05, 0.1) is 37.5 Å². The van der Waals surface area contributed by atoms with E-state index < -0.39 is 17.7 Å². The maximum absolute atomic E-state index is 13.3. The number of aliphatic hydroxyl groups is 1. The number of methoxy groups -OCH3 is 2. The lowest BCUT2D eigenvalue weighted by Gasteiger charge is -2.26. The molecule has 1 heterocycles. The maximum atomic E-state index is 13.3. The second kappa shape index (κ2) is 9.12. The van der Waals surface area contributed by atoms with Gasteiger partial charge in [0.2, 0.25) is 0 Å². The summed E-state index contributed by atoms with van der Waals surface area (Å²) in [6.07, 6.45) is 0. The van der Waals surface area contributed by atoms with Crippen molar-refractivity contribution in [3.8, 4) is 17.6 Å². The molecule has 0 spiro atoms. The van der Waals surface area contributed by atoms with Crippen LogP contribution in [-0.2, 0) is 9.59 Å². The first kappa shape index (κ1) is 22.6. The number of aryl methyl sites for hydroxylation is 1. The monoisotopic (exact) mass is 454 g/mol. The van der Waals surface area contributed by atoms with Crippen LogP contribution < -0.4 is 14.4 Å². The van der Waals surface area contributed by atoms with Gasteiger partial charge in [0.15, 0.2) is 0 Å². The molecule has 0 bridgehead atoms. The molecule has 1 fully saturated rings. The average Bonchev–Trinajstić information content (AvgIpc) is 3.13. The Morgan fingerprint density at radius 1 is 1.00 bits per heavy atom. The molecule has 1 aliphatic heterocycles. The Kier molecular flexibility index (Phi) is 6.07. The quantitative estimate of drug-likeness (QED) is 0.346. The molecule has 7 nitrogen and oxygen atoms in total. The highest BCUT2D eigenvalue weighted by Crippen LogP contribution is 2.45. The summed E-state index contributed by atoms with van der Waals surface area (Å²) in [5.74, 6) is -0.814. The van der Waals surface area contributed by atoms with Crippen molar-refractivity contribution in [1.82, 2.24) is 0 Å². The van der Waals surface area contributed by atoms with Crippen molar-refractivity contribution in [2.45, 2.75) is 13.0 Å². The van der Waals surface area contributed by atoms with Gasteiger partial charge in [-0.15, -0.1) is 0 Å². The van der Waals surface area contributed by atoms with E-state index in [2.05, 4.69) is 0 Å².